The first-order valence-corrected chi connectivity index (χ1v) is 28.6. The zero-order chi connectivity index (χ0) is 65.0. The van der Waals surface area contributed by atoms with Crippen LogP contribution in [0.25, 0.3) is 0 Å². The van der Waals surface area contributed by atoms with Gasteiger partial charge in [-0.1, -0.05) is 103 Å². The Kier molecular flexibility index (Phi) is 29.2. The minimum Gasteiger partial charge on any atom is -0.399 e. The highest BCUT2D eigenvalue weighted by Crippen LogP contribution is 2.26. The summed E-state index contributed by atoms with van der Waals surface area (Å²) in [5.41, 5.74) is 12.6. The van der Waals surface area contributed by atoms with Gasteiger partial charge in [-0.25, -0.2) is 35.1 Å². The summed E-state index contributed by atoms with van der Waals surface area (Å²) in [5, 5.41) is 7.98. The van der Waals surface area contributed by atoms with Crippen LogP contribution in [0, 0.1) is 46.5 Å². The average Bonchev–Trinajstić information content (AvgIpc) is 3.70. The van der Waals surface area contributed by atoms with E-state index in [-0.39, 0.29) is 23.0 Å². The number of benzene rings is 10. The summed E-state index contributed by atoms with van der Waals surface area (Å²) in [5.74, 6) is -6.60. The highest BCUT2D eigenvalue weighted by atomic mass is 79.9. The van der Waals surface area contributed by atoms with Gasteiger partial charge in [0.25, 0.3) is 5.91 Å². The molecule has 9 nitrogen and oxygen atoms in total. The molecule has 0 aliphatic carbocycles. The maximum absolute atomic E-state index is 14.3. The molecule has 456 valence electrons. The molecule has 1 unspecified atom stereocenters. The first-order chi connectivity index (χ1) is 42.5. The predicted molar refractivity (Wildman–Crippen MR) is 346 cm³/mol. The number of halogens is 14. The van der Waals surface area contributed by atoms with Gasteiger partial charge in [0.05, 0.1) is 33.6 Å². The molecule has 1 atom stereocenters. The smallest absolute Gasteiger partial charge is 0.253 e. The molecular formula is C66H46Br2Cl4F8N6O3. The van der Waals surface area contributed by atoms with Gasteiger partial charge in [0, 0.05) is 64.0 Å². The third kappa shape index (κ3) is 24.4. The molecule has 10 aromatic rings. The fraction of sp³-hybridized carbons (Fsp3) is 0.0152. The second kappa shape index (κ2) is 36.6. The molecule has 0 aliphatic heterocycles. The van der Waals surface area contributed by atoms with E-state index >= 15 is 0 Å². The monoisotopic (exact) mass is 1420 g/mol. The Morgan fingerprint density at radius 3 is 1.07 bits per heavy atom. The van der Waals surface area contributed by atoms with Crippen LogP contribution >= 0.6 is 78.3 Å². The van der Waals surface area contributed by atoms with E-state index in [9.17, 15) is 49.5 Å². The molecule has 0 heterocycles. The summed E-state index contributed by atoms with van der Waals surface area (Å²) in [6, 6.07) is 54.6. The van der Waals surface area contributed by atoms with Crippen LogP contribution in [0.15, 0.2) is 237 Å². The molecule has 89 heavy (non-hydrogen) atoms. The Labute approximate surface area is 542 Å². The molecule has 0 aliphatic rings. The SMILES string of the molecule is Fc1cccc(F)c1C=Nc1ccc(Cl)cc1.Fc1cccc(F)c1C=Nc1ccc(Cl)cc1.NC(=O)c1ccc(Br)cc1.Nc1ccc(Cl)cc1.O=C(NC(Nc1ccc(Cl)cc1)c1c(F)cccc1F)c1ccc(Br)cc1.O=Cc1c(F)cccc1F. The van der Waals surface area contributed by atoms with Crippen LogP contribution in [0.4, 0.5) is 57.9 Å². The first kappa shape index (κ1) is 71.1. The van der Waals surface area contributed by atoms with Gasteiger partial charge in [-0.15, -0.1) is 0 Å². The van der Waals surface area contributed by atoms with E-state index in [2.05, 4.69) is 52.5 Å². The number of amides is 2. The molecule has 2 amide bonds. The standard InChI is InChI=1S/C20H14BrClF2N2O.2C13H8ClF2N.C7H6BrNO.C7H4F2O.C6H6ClN/c21-13-6-4-12(5-7-13)20(27)26-19(18-16(23)2-1-3-17(18)24)25-15-10-8-14(22)9-11-15;2*14-9-4-6-10(7-5-9)17-8-11-12(15)2-1-3-13(11)16;8-6-3-1-5(2-4-6)7(9)10;8-6-2-1-3-7(9)5(6)4-10;7-5-1-3-6(8)4-2-5/h1-11,19,25H,(H,26,27);2*1-8H;1-4H,(H2,9,10);1-4H;1-4H,8H2. The van der Waals surface area contributed by atoms with E-state index in [1.54, 1.807) is 146 Å². The van der Waals surface area contributed by atoms with Crippen molar-refractivity contribution in [2.45, 2.75) is 6.17 Å². The van der Waals surface area contributed by atoms with Crippen LogP contribution in [0.3, 0.4) is 0 Å². The Morgan fingerprint density at radius 1 is 0.427 bits per heavy atom. The number of aldehydes is 1. The lowest BCUT2D eigenvalue weighted by Crippen LogP contribution is -2.34. The van der Waals surface area contributed by atoms with Crippen molar-refractivity contribution in [3.8, 4) is 0 Å². The lowest BCUT2D eigenvalue weighted by Gasteiger charge is -2.23. The number of hydrogen-bond acceptors (Lipinski definition) is 7. The van der Waals surface area contributed by atoms with Gasteiger partial charge < -0.3 is 22.1 Å². The van der Waals surface area contributed by atoms with Crippen LogP contribution in [-0.2, 0) is 0 Å². The third-order valence-corrected chi connectivity index (χ3v) is 13.3. The molecule has 10 aromatic carbocycles. The van der Waals surface area contributed by atoms with Gasteiger partial charge in [0.1, 0.15) is 52.7 Å². The zero-order valence-corrected chi connectivity index (χ0v) is 51.9. The molecular weight excluding hydrogens is 1380 g/mol. The van der Waals surface area contributed by atoms with Gasteiger partial charge in [0.2, 0.25) is 5.91 Å². The fourth-order valence-corrected chi connectivity index (χ4v) is 7.83. The topological polar surface area (TPSA) is 152 Å². The fourth-order valence-electron chi connectivity index (χ4n) is 6.80. The molecule has 23 heteroatoms. The lowest BCUT2D eigenvalue weighted by atomic mass is 10.1. The van der Waals surface area contributed by atoms with Crippen LogP contribution in [0.5, 0.6) is 0 Å². The van der Waals surface area contributed by atoms with E-state index in [0.717, 1.165) is 56.4 Å². The van der Waals surface area contributed by atoms with E-state index in [4.69, 9.17) is 57.9 Å². The van der Waals surface area contributed by atoms with Gasteiger partial charge >= 0.3 is 0 Å². The number of nitrogens with zero attached hydrogens (tertiary/aromatic N) is 2. The molecule has 0 spiro atoms. The second-order valence-corrected chi connectivity index (χ2v) is 21.2. The van der Waals surface area contributed by atoms with Gasteiger partial charge in [-0.2, -0.15) is 0 Å². The summed E-state index contributed by atoms with van der Waals surface area (Å²) in [7, 11) is 0. The summed E-state index contributed by atoms with van der Waals surface area (Å²) in [4.78, 5) is 41.0. The highest BCUT2D eigenvalue weighted by Gasteiger charge is 2.23. The van der Waals surface area contributed by atoms with Gasteiger partial charge in [-0.3, -0.25) is 24.4 Å². The van der Waals surface area contributed by atoms with Crippen LogP contribution < -0.4 is 22.1 Å². The number of rotatable bonds is 11. The predicted octanol–water partition coefficient (Wildman–Crippen LogP) is 19.9. The van der Waals surface area contributed by atoms with E-state index in [0.29, 0.717) is 43.3 Å². The molecule has 0 aromatic heterocycles. The number of carbonyl (C=O) groups is 3. The molecule has 6 N–H and O–H groups in total. The van der Waals surface area contributed by atoms with E-state index < -0.39 is 70.1 Å². The largest absolute Gasteiger partial charge is 0.399 e. The molecule has 0 saturated carbocycles. The van der Waals surface area contributed by atoms with Gasteiger partial charge in [-0.05, 0) is 194 Å². The average molecular weight is 1420 g/mol. The number of nitrogen functional groups attached to an aromatic ring is 1. The highest BCUT2D eigenvalue weighted by molar-refractivity contribution is 9.10. The molecule has 0 saturated heterocycles. The normalized spacial score (nSPS) is 10.7. The number of nitrogens with one attached hydrogen (secondary N) is 2. The van der Waals surface area contributed by atoms with Crippen molar-refractivity contribution in [2.24, 2.45) is 15.7 Å². The number of aliphatic imine (C=N–C) groups is 2. The van der Waals surface area contributed by atoms with Crippen LogP contribution in [0.1, 0.15) is 53.9 Å². The number of primary amides is 1. The Hall–Kier alpha value is -8.69. The van der Waals surface area contributed by atoms with E-state index in [1.807, 2.05) is 0 Å². The minimum absolute atomic E-state index is 0.151. The van der Waals surface area contributed by atoms with Crippen molar-refractivity contribution in [1.29, 1.82) is 0 Å². The molecule has 10 rings (SSSR count). The maximum atomic E-state index is 14.3. The molecule has 0 bridgehead atoms. The summed E-state index contributed by atoms with van der Waals surface area (Å²) in [6.45, 7) is 0. The Bertz CT molecular complexity index is 3790. The second-order valence-electron chi connectivity index (χ2n) is 17.6. The maximum Gasteiger partial charge on any atom is 0.253 e. The number of nitrogens with two attached hydrogens (primary N) is 2. The van der Waals surface area contributed by atoms with Crippen molar-refractivity contribution in [1.82, 2.24) is 5.32 Å². The summed E-state index contributed by atoms with van der Waals surface area (Å²) < 4.78 is 108. The molecule has 0 radical (unpaired) electrons. The van der Waals surface area contributed by atoms with Crippen molar-refractivity contribution in [2.75, 3.05) is 11.1 Å². The zero-order valence-electron chi connectivity index (χ0n) is 45.7. The molecule has 0 fully saturated rings. The van der Waals surface area contributed by atoms with Crippen LogP contribution in [-0.4, -0.2) is 30.5 Å². The lowest BCUT2D eigenvalue weighted by molar-refractivity contribution is 0.0938. The number of carbonyl (C=O) groups excluding carboxylic acids is 3. The minimum atomic E-state index is -1.12. The number of hydrogen-bond donors (Lipinski definition) is 4. The Morgan fingerprint density at radius 2 is 0.742 bits per heavy atom. The van der Waals surface area contributed by atoms with E-state index in [1.165, 1.54) is 48.5 Å². The quantitative estimate of drug-likeness (QED) is 0.0334. The summed E-state index contributed by atoms with van der Waals surface area (Å²) in [6.07, 6.45) is 1.36. The third-order valence-electron chi connectivity index (χ3n) is 11.3. The first-order valence-electron chi connectivity index (χ1n) is 25.5. The van der Waals surface area contributed by atoms with Crippen molar-refractivity contribution in [3.63, 3.8) is 0 Å². The van der Waals surface area contributed by atoms with Crippen molar-refractivity contribution in [3.05, 3.63) is 327 Å². The summed E-state index contributed by atoms with van der Waals surface area (Å²) >= 11 is 29.4. The Balaban J connectivity index is 0.000000205. The van der Waals surface area contributed by atoms with Crippen LogP contribution in [0.2, 0.25) is 20.1 Å². The van der Waals surface area contributed by atoms with Crippen molar-refractivity contribution < 1.29 is 49.5 Å². The number of anilines is 2. The van der Waals surface area contributed by atoms with Crippen molar-refractivity contribution >= 4 is 132 Å². The van der Waals surface area contributed by atoms with Gasteiger partial charge in [0.15, 0.2) is 6.29 Å².